The molecule has 0 N–H and O–H groups in total. The first kappa shape index (κ1) is 20.3. The molecule has 0 bridgehead atoms. The van der Waals surface area contributed by atoms with Crippen molar-refractivity contribution < 1.29 is 4.74 Å². The van der Waals surface area contributed by atoms with Crippen molar-refractivity contribution in [1.82, 2.24) is 0 Å². The molecule has 1 aromatic carbocycles. The van der Waals surface area contributed by atoms with E-state index >= 15 is 0 Å². The molecule has 0 atom stereocenters. The van der Waals surface area contributed by atoms with E-state index in [1.165, 1.54) is 34.3 Å². The highest BCUT2D eigenvalue weighted by atomic mass is 16.5. The van der Waals surface area contributed by atoms with Crippen LogP contribution in [0.4, 0.5) is 0 Å². The van der Waals surface area contributed by atoms with Gasteiger partial charge < -0.3 is 4.74 Å². The molecule has 1 aromatic rings. The third-order valence-corrected chi connectivity index (χ3v) is 4.16. The number of ether oxygens (including phenoxy) is 1. The predicted molar refractivity (Wildman–Crippen MR) is 107 cm³/mol. The Labute approximate surface area is 149 Å². The summed E-state index contributed by atoms with van der Waals surface area (Å²) in [6, 6.07) is 6.44. The van der Waals surface area contributed by atoms with Crippen LogP contribution in [-0.4, -0.2) is 7.11 Å². The number of benzene rings is 1. The van der Waals surface area contributed by atoms with Gasteiger partial charge in [0.2, 0.25) is 0 Å². The van der Waals surface area contributed by atoms with Gasteiger partial charge in [-0.15, -0.1) is 0 Å². The number of hydrogen-bond acceptors (Lipinski definition) is 1. The zero-order valence-electron chi connectivity index (χ0n) is 16.4. The molecule has 1 heteroatoms. The average Bonchev–Trinajstić information content (AvgIpc) is 2.52. The van der Waals surface area contributed by atoms with Crippen LogP contribution in [0.5, 0.6) is 5.75 Å². The number of hydrogen-bond donors (Lipinski definition) is 0. The summed E-state index contributed by atoms with van der Waals surface area (Å²) in [5.41, 5.74) is 6.95. The molecule has 132 valence electrons. The summed E-state index contributed by atoms with van der Waals surface area (Å²) < 4.78 is 5.35. The maximum atomic E-state index is 5.35. The fourth-order valence-electron chi connectivity index (χ4n) is 2.69. The summed E-state index contributed by atoms with van der Waals surface area (Å²) in [5, 5.41) is 0. The van der Waals surface area contributed by atoms with E-state index in [2.05, 4.69) is 71.0 Å². The molecular formula is C23H34O. The van der Waals surface area contributed by atoms with Gasteiger partial charge in [0, 0.05) is 0 Å². The largest absolute Gasteiger partial charge is 0.497 e. The van der Waals surface area contributed by atoms with Crippen LogP contribution >= 0.6 is 0 Å². The minimum absolute atomic E-state index is 0.950. The van der Waals surface area contributed by atoms with E-state index in [0.29, 0.717) is 0 Å². The molecule has 0 amide bonds. The summed E-state index contributed by atoms with van der Waals surface area (Å²) in [7, 11) is 1.73. The Balaban J connectivity index is 2.44. The number of methoxy groups -OCH3 is 1. The van der Waals surface area contributed by atoms with Crippen molar-refractivity contribution in [1.29, 1.82) is 0 Å². The zero-order chi connectivity index (χ0) is 17.9. The van der Waals surface area contributed by atoms with Crippen molar-refractivity contribution in [3.8, 4) is 5.75 Å². The Hall–Kier alpha value is -1.76. The van der Waals surface area contributed by atoms with Crippen LogP contribution in [0.25, 0.3) is 0 Å². The molecule has 1 rings (SSSR count). The summed E-state index contributed by atoms with van der Waals surface area (Å²) in [4.78, 5) is 0. The van der Waals surface area contributed by atoms with Crippen molar-refractivity contribution >= 4 is 0 Å². The number of allylic oxidation sites excluding steroid dienone is 6. The predicted octanol–water partition coefficient (Wildman–Crippen LogP) is 6.97. The van der Waals surface area contributed by atoms with Gasteiger partial charge in [-0.3, -0.25) is 0 Å². The monoisotopic (exact) mass is 326 g/mol. The standard InChI is InChI=1S/C23H34O/c1-18(2)9-7-10-19(3)11-8-12-20(4)13-14-22-15-21(5)16-23(17-22)24-6/h9,11,13,15-17H,7-8,10,12,14H2,1-6H3. The Morgan fingerprint density at radius 1 is 0.875 bits per heavy atom. The second kappa shape index (κ2) is 10.9. The second-order valence-electron chi connectivity index (χ2n) is 7.02. The van der Waals surface area contributed by atoms with Crippen LogP contribution < -0.4 is 4.74 Å². The van der Waals surface area contributed by atoms with Gasteiger partial charge in [-0.05, 0) is 90.0 Å². The van der Waals surface area contributed by atoms with Gasteiger partial charge >= 0.3 is 0 Å². The van der Waals surface area contributed by atoms with Crippen LogP contribution in [0.2, 0.25) is 0 Å². The Morgan fingerprint density at radius 3 is 2.12 bits per heavy atom. The van der Waals surface area contributed by atoms with E-state index < -0.39 is 0 Å². The van der Waals surface area contributed by atoms with E-state index in [-0.39, 0.29) is 0 Å². The lowest BCUT2D eigenvalue weighted by molar-refractivity contribution is 0.414. The molecule has 24 heavy (non-hydrogen) atoms. The zero-order valence-corrected chi connectivity index (χ0v) is 16.4. The van der Waals surface area contributed by atoms with E-state index in [1.807, 2.05) is 0 Å². The molecule has 0 heterocycles. The first-order valence-electron chi connectivity index (χ1n) is 9.00. The molecule has 0 unspecified atom stereocenters. The first-order valence-corrected chi connectivity index (χ1v) is 9.00. The molecule has 0 aliphatic rings. The Kier molecular flexibility index (Phi) is 9.22. The summed E-state index contributed by atoms with van der Waals surface area (Å²) in [6.45, 7) is 10.9. The normalized spacial score (nSPS) is 12.2. The molecule has 0 aromatic heterocycles. The SMILES string of the molecule is COc1cc(C)cc(CC=C(C)CCC=C(C)CCC=C(C)C)c1. The third kappa shape index (κ3) is 8.76. The number of aryl methyl sites for hydroxylation is 1. The molecule has 1 nitrogen and oxygen atoms in total. The van der Waals surface area contributed by atoms with Crippen LogP contribution in [0, 0.1) is 6.92 Å². The molecule has 0 aliphatic heterocycles. The highest BCUT2D eigenvalue weighted by Crippen LogP contribution is 2.18. The molecule has 0 spiro atoms. The fourth-order valence-corrected chi connectivity index (χ4v) is 2.69. The summed E-state index contributed by atoms with van der Waals surface area (Å²) >= 11 is 0. The Bertz CT molecular complexity index is 598. The van der Waals surface area contributed by atoms with Crippen LogP contribution in [0.15, 0.2) is 53.1 Å². The van der Waals surface area contributed by atoms with Gasteiger partial charge in [0.25, 0.3) is 0 Å². The summed E-state index contributed by atoms with van der Waals surface area (Å²) in [5.74, 6) is 0.950. The molecular weight excluding hydrogens is 292 g/mol. The van der Waals surface area contributed by atoms with Gasteiger partial charge in [0.1, 0.15) is 5.75 Å². The van der Waals surface area contributed by atoms with Gasteiger partial charge in [-0.25, -0.2) is 0 Å². The first-order chi connectivity index (χ1) is 11.4. The van der Waals surface area contributed by atoms with Gasteiger partial charge in [0.15, 0.2) is 0 Å². The van der Waals surface area contributed by atoms with Crippen molar-refractivity contribution in [2.24, 2.45) is 0 Å². The lowest BCUT2D eigenvalue weighted by Crippen LogP contribution is -1.89. The minimum atomic E-state index is 0.950. The van der Waals surface area contributed by atoms with E-state index in [1.54, 1.807) is 7.11 Å². The average molecular weight is 327 g/mol. The van der Waals surface area contributed by atoms with Crippen molar-refractivity contribution in [3.63, 3.8) is 0 Å². The van der Waals surface area contributed by atoms with E-state index in [0.717, 1.165) is 31.4 Å². The summed E-state index contributed by atoms with van der Waals surface area (Å²) in [6.07, 6.45) is 12.7. The molecule has 0 saturated heterocycles. The molecule has 0 saturated carbocycles. The van der Waals surface area contributed by atoms with Crippen molar-refractivity contribution in [2.75, 3.05) is 7.11 Å². The molecule has 0 fully saturated rings. The maximum absolute atomic E-state index is 5.35. The van der Waals surface area contributed by atoms with Crippen LogP contribution in [0.1, 0.15) is 64.5 Å². The third-order valence-electron chi connectivity index (χ3n) is 4.16. The minimum Gasteiger partial charge on any atom is -0.497 e. The smallest absolute Gasteiger partial charge is 0.119 e. The molecule has 0 radical (unpaired) electrons. The lowest BCUT2D eigenvalue weighted by atomic mass is 10.0. The van der Waals surface area contributed by atoms with Gasteiger partial charge in [-0.1, -0.05) is 41.0 Å². The highest BCUT2D eigenvalue weighted by Gasteiger charge is 1.98. The topological polar surface area (TPSA) is 9.23 Å². The maximum Gasteiger partial charge on any atom is 0.119 e. The van der Waals surface area contributed by atoms with Gasteiger partial charge in [0.05, 0.1) is 7.11 Å². The van der Waals surface area contributed by atoms with Crippen molar-refractivity contribution in [3.05, 3.63) is 64.3 Å². The Morgan fingerprint density at radius 2 is 1.50 bits per heavy atom. The van der Waals surface area contributed by atoms with Crippen molar-refractivity contribution in [2.45, 2.75) is 66.7 Å². The second-order valence-corrected chi connectivity index (χ2v) is 7.02. The lowest BCUT2D eigenvalue weighted by Gasteiger charge is -2.06. The van der Waals surface area contributed by atoms with Crippen LogP contribution in [-0.2, 0) is 6.42 Å². The molecule has 0 aliphatic carbocycles. The van der Waals surface area contributed by atoms with Gasteiger partial charge in [-0.2, -0.15) is 0 Å². The number of rotatable bonds is 9. The van der Waals surface area contributed by atoms with E-state index in [4.69, 9.17) is 4.74 Å². The quantitative estimate of drug-likeness (QED) is 0.445. The van der Waals surface area contributed by atoms with Crippen LogP contribution in [0.3, 0.4) is 0 Å². The highest BCUT2D eigenvalue weighted by molar-refractivity contribution is 5.35. The van der Waals surface area contributed by atoms with E-state index in [9.17, 15) is 0 Å². The fraction of sp³-hybridized carbons (Fsp3) is 0.478.